The van der Waals surface area contributed by atoms with Crippen molar-refractivity contribution in [3.8, 4) is 22.0 Å². The van der Waals surface area contributed by atoms with Crippen molar-refractivity contribution in [2.75, 3.05) is 5.43 Å². The van der Waals surface area contributed by atoms with E-state index in [1.54, 1.807) is 0 Å². The maximum Gasteiger partial charge on any atom is 0.172 e. The number of hydrogen-bond donors (Lipinski definition) is 2. The van der Waals surface area contributed by atoms with Gasteiger partial charge in [0.1, 0.15) is 5.82 Å². The van der Waals surface area contributed by atoms with Crippen molar-refractivity contribution in [3.63, 3.8) is 0 Å². The van der Waals surface area contributed by atoms with Crippen LogP contribution >= 0.6 is 22.9 Å². The summed E-state index contributed by atoms with van der Waals surface area (Å²) in [6.07, 6.45) is 0. The lowest BCUT2D eigenvalue weighted by atomic mass is 10.1. The van der Waals surface area contributed by atoms with Gasteiger partial charge in [-0.25, -0.2) is 15.8 Å². The smallest absolute Gasteiger partial charge is 0.172 e. The van der Waals surface area contributed by atoms with Crippen LogP contribution in [0.1, 0.15) is 0 Å². The standard InChI is InChI=1S/C14H11ClN4S/c15-12-7-6-11(20-12)14-17-10(8-13(18-14)19-16)9-4-2-1-3-5-9/h1-8H,16H2,(H,17,18,19). The van der Waals surface area contributed by atoms with Gasteiger partial charge < -0.3 is 5.43 Å². The largest absolute Gasteiger partial charge is 0.308 e. The van der Waals surface area contributed by atoms with Crippen LogP contribution in [0.3, 0.4) is 0 Å². The highest BCUT2D eigenvalue weighted by Gasteiger charge is 2.10. The maximum atomic E-state index is 5.96. The summed E-state index contributed by atoms with van der Waals surface area (Å²) in [4.78, 5) is 9.85. The number of rotatable bonds is 3. The molecule has 0 saturated heterocycles. The van der Waals surface area contributed by atoms with Crippen molar-refractivity contribution < 1.29 is 0 Å². The third-order valence-electron chi connectivity index (χ3n) is 2.74. The summed E-state index contributed by atoms with van der Waals surface area (Å²) in [6, 6.07) is 15.4. The van der Waals surface area contributed by atoms with E-state index in [9.17, 15) is 0 Å². The van der Waals surface area contributed by atoms with Crippen molar-refractivity contribution in [3.05, 3.63) is 52.9 Å². The quantitative estimate of drug-likeness (QED) is 0.570. The second-order valence-electron chi connectivity index (χ2n) is 4.08. The van der Waals surface area contributed by atoms with E-state index in [0.29, 0.717) is 16.0 Å². The number of halogens is 1. The van der Waals surface area contributed by atoms with E-state index in [1.807, 2.05) is 48.5 Å². The number of hydrogen-bond acceptors (Lipinski definition) is 5. The third kappa shape index (κ3) is 2.65. The highest BCUT2D eigenvalue weighted by molar-refractivity contribution is 7.19. The van der Waals surface area contributed by atoms with Gasteiger partial charge in [-0.2, -0.15) is 0 Å². The van der Waals surface area contributed by atoms with E-state index in [2.05, 4.69) is 15.4 Å². The van der Waals surface area contributed by atoms with E-state index < -0.39 is 0 Å². The molecule has 100 valence electrons. The zero-order valence-corrected chi connectivity index (χ0v) is 11.9. The summed E-state index contributed by atoms with van der Waals surface area (Å²) in [5, 5.41) is 0. The molecule has 1 aromatic carbocycles. The van der Waals surface area contributed by atoms with Crippen molar-refractivity contribution in [1.82, 2.24) is 9.97 Å². The molecule has 0 unspecified atom stereocenters. The Morgan fingerprint density at radius 3 is 2.50 bits per heavy atom. The lowest BCUT2D eigenvalue weighted by molar-refractivity contribution is 1.16. The van der Waals surface area contributed by atoms with Crippen LogP contribution < -0.4 is 11.3 Å². The number of anilines is 1. The van der Waals surface area contributed by atoms with Crippen LogP contribution in [0, 0.1) is 0 Å². The molecule has 3 rings (SSSR count). The monoisotopic (exact) mass is 302 g/mol. The number of benzene rings is 1. The first-order valence-corrected chi connectivity index (χ1v) is 7.12. The Morgan fingerprint density at radius 1 is 1.05 bits per heavy atom. The van der Waals surface area contributed by atoms with E-state index in [0.717, 1.165) is 16.1 Å². The van der Waals surface area contributed by atoms with Crippen LogP contribution in [-0.4, -0.2) is 9.97 Å². The highest BCUT2D eigenvalue weighted by atomic mass is 35.5. The highest BCUT2D eigenvalue weighted by Crippen LogP contribution is 2.31. The molecule has 20 heavy (non-hydrogen) atoms. The molecule has 0 atom stereocenters. The van der Waals surface area contributed by atoms with Crippen LogP contribution in [0.5, 0.6) is 0 Å². The van der Waals surface area contributed by atoms with Crippen LogP contribution in [-0.2, 0) is 0 Å². The van der Waals surface area contributed by atoms with Gasteiger partial charge in [0.15, 0.2) is 5.82 Å². The summed E-state index contributed by atoms with van der Waals surface area (Å²) in [7, 11) is 0. The summed E-state index contributed by atoms with van der Waals surface area (Å²) in [5.41, 5.74) is 4.40. The fraction of sp³-hybridized carbons (Fsp3) is 0. The topological polar surface area (TPSA) is 63.8 Å². The number of thiophene rings is 1. The summed E-state index contributed by atoms with van der Waals surface area (Å²) in [6.45, 7) is 0. The molecule has 0 amide bonds. The molecule has 2 aromatic heterocycles. The molecule has 2 heterocycles. The first kappa shape index (κ1) is 13.1. The Hall–Kier alpha value is -1.95. The van der Waals surface area contributed by atoms with Gasteiger partial charge in [-0.05, 0) is 12.1 Å². The summed E-state index contributed by atoms with van der Waals surface area (Å²) in [5.74, 6) is 6.66. The molecule has 0 bridgehead atoms. The SMILES string of the molecule is NNc1cc(-c2ccccc2)nc(-c2ccc(Cl)s2)n1. The normalized spacial score (nSPS) is 10.5. The lowest BCUT2D eigenvalue weighted by Crippen LogP contribution is -2.09. The van der Waals surface area contributed by atoms with E-state index in [4.69, 9.17) is 17.4 Å². The van der Waals surface area contributed by atoms with Crippen LogP contribution in [0.25, 0.3) is 22.0 Å². The van der Waals surface area contributed by atoms with Crippen LogP contribution in [0.2, 0.25) is 4.34 Å². The minimum atomic E-state index is 0.568. The molecule has 0 fully saturated rings. The first-order valence-electron chi connectivity index (χ1n) is 5.93. The molecular formula is C14H11ClN4S. The first-order chi connectivity index (χ1) is 9.76. The number of nitrogens with one attached hydrogen (secondary N) is 1. The Bertz CT molecular complexity index is 727. The van der Waals surface area contributed by atoms with Crippen molar-refractivity contribution in [1.29, 1.82) is 0 Å². The molecule has 0 aliphatic carbocycles. The molecule has 4 nitrogen and oxygen atoms in total. The lowest BCUT2D eigenvalue weighted by Gasteiger charge is -2.06. The Kier molecular flexibility index (Phi) is 3.64. The minimum absolute atomic E-state index is 0.568. The molecular weight excluding hydrogens is 292 g/mol. The molecule has 3 N–H and O–H groups in total. The predicted molar refractivity (Wildman–Crippen MR) is 83.6 cm³/mol. The molecule has 0 saturated carbocycles. The second-order valence-corrected chi connectivity index (χ2v) is 5.79. The fourth-order valence-corrected chi connectivity index (χ4v) is 2.80. The number of aromatic nitrogens is 2. The average Bonchev–Trinajstić information content (AvgIpc) is 2.94. The molecule has 0 aliphatic rings. The molecule has 0 spiro atoms. The Labute approximate surface area is 125 Å². The van der Waals surface area contributed by atoms with Crippen LogP contribution in [0.4, 0.5) is 5.82 Å². The molecule has 0 radical (unpaired) electrons. The predicted octanol–water partition coefficient (Wildman–Crippen LogP) is 3.81. The van der Waals surface area contributed by atoms with Gasteiger partial charge in [-0.15, -0.1) is 11.3 Å². The zero-order chi connectivity index (χ0) is 13.9. The Morgan fingerprint density at radius 2 is 1.85 bits per heavy atom. The van der Waals surface area contributed by atoms with E-state index in [-0.39, 0.29) is 0 Å². The minimum Gasteiger partial charge on any atom is -0.308 e. The van der Waals surface area contributed by atoms with Gasteiger partial charge in [0.2, 0.25) is 0 Å². The Balaban J connectivity index is 2.12. The van der Waals surface area contributed by atoms with E-state index >= 15 is 0 Å². The van der Waals surface area contributed by atoms with Gasteiger partial charge in [-0.3, -0.25) is 0 Å². The fourth-order valence-electron chi connectivity index (χ4n) is 1.82. The van der Waals surface area contributed by atoms with Gasteiger partial charge in [0, 0.05) is 11.6 Å². The second kappa shape index (κ2) is 5.58. The van der Waals surface area contributed by atoms with Crippen LogP contribution in [0.15, 0.2) is 48.5 Å². The number of nitrogens with two attached hydrogens (primary N) is 1. The van der Waals surface area contributed by atoms with E-state index in [1.165, 1.54) is 11.3 Å². The summed E-state index contributed by atoms with van der Waals surface area (Å²) < 4.78 is 0.705. The molecule has 3 aromatic rings. The number of nitrogen functional groups attached to an aromatic ring is 1. The third-order valence-corrected chi connectivity index (χ3v) is 3.96. The van der Waals surface area contributed by atoms with Gasteiger partial charge in [0.05, 0.1) is 14.9 Å². The van der Waals surface area contributed by atoms with Crippen molar-refractivity contribution in [2.24, 2.45) is 5.84 Å². The van der Waals surface area contributed by atoms with Gasteiger partial charge in [0.25, 0.3) is 0 Å². The van der Waals surface area contributed by atoms with Crippen molar-refractivity contribution in [2.45, 2.75) is 0 Å². The zero-order valence-electron chi connectivity index (χ0n) is 10.4. The molecule has 6 heteroatoms. The number of nitrogens with zero attached hydrogens (tertiary/aromatic N) is 2. The maximum absolute atomic E-state index is 5.96. The van der Waals surface area contributed by atoms with Crippen molar-refractivity contribution >= 4 is 28.8 Å². The van der Waals surface area contributed by atoms with Gasteiger partial charge in [-0.1, -0.05) is 41.9 Å². The average molecular weight is 303 g/mol. The van der Waals surface area contributed by atoms with Gasteiger partial charge >= 0.3 is 0 Å². The number of hydrazine groups is 1. The summed E-state index contributed by atoms with van der Waals surface area (Å²) >= 11 is 7.40. The molecule has 0 aliphatic heterocycles.